The number of piperidine rings is 1. The van der Waals surface area contributed by atoms with Crippen LogP contribution in [0, 0.1) is 0 Å². The second-order valence-corrected chi connectivity index (χ2v) is 7.44. The average Bonchev–Trinajstić information content (AvgIpc) is 3.17. The number of aromatic amines is 1. The van der Waals surface area contributed by atoms with Gasteiger partial charge in [-0.2, -0.15) is 4.98 Å². The van der Waals surface area contributed by atoms with Crippen molar-refractivity contribution >= 4 is 23.5 Å². The molecule has 136 valence electrons. The molecule has 1 aromatic heterocycles. The second-order valence-electron chi connectivity index (χ2n) is 6.42. The van der Waals surface area contributed by atoms with Gasteiger partial charge in [0.2, 0.25) is 5.95 Å². The normalized spacial score (nSPS) is 26.5. The van der Waals surface area contributed by atoms with Gasteiger partial charge in [0.1, 0.15) is 11.2 Å². The number of morpholine rings is 1. The molecule has 9 heteroatoms. The van der Waals surface area contributed by atoms with Crippen LogP contribution in [-0.4, -0.2) is 55.4 Å². The van der Waals surface area contributed by atoms with Crippen LogP contribution >= 0.6 is 11.8 Å². The zero-order chi connectivity index (χ0) is 17.1. The van der Waals surface area contributed by atoms with E-state index in [-0.39, 0.29) is 10.9 Å². The molecule has 1 aromatic rings. The van der Waals surface area contributed by atoms with Crippen LogP contribution in [0.2, 0.25) is 0 Å². The van der Waals surface area contributed by atoms with Crippen molar-refractivity contribution in [1.29, 1.82) is 0 Å². The number of nitrogens with one attached hydrogen (secondary N) is 4. The van der Waals surface area contributed by atoms with Crippen molar-refractivity contribution in [3.63, 3.8) is 0 Å². The minimum Gasteiger partial charge on any atom is -0.378 e. The first-order valence-electron chi connectivity index (χ1n) is 8.82. The quantitative estimate of drug-likeness (QED) is 0.616. The molecule has 1 unspecified atom stereocenters. The fourth-order valence-electron chi connectivity index (χ4n) is 3.35. The molecule has 4 rings (SSSR count). The van der Waals surface area contributed by atoms with E-state index in [0.717, 1.165) is 39.0 Å². The van der Waals surface area contributed by atoms with Crippen LogP contribution in [0.25, 0.3) is 0 Å². The molecule has 3 aliphatic rings. The van der Waals surface area contributed by atoms with Gasteiger partial charge >= 0.3 is 0 Å². The molecule has 3 aliphatic heterocycles. The van der Waals surface area contributed by atoms with E-state index in [1.807, 2.05) is 11.6 Å². The molecule has 2 fully saturated rings. The lowest BCUT2D eigenvalue weighted by atomic mass is 10.1. The molecule has 0 saturated carbocycles. The van der Waals surface area contributed by atoms with Gasteiger partial charge in [-0.05, 0) is 24.8 Å². The van der Waals surface area contributed by atoms with E-state index in [4.69, 9.17) is 9.72 Å². The van der Waals surface area contributed by atoms with E-state index < -0.39 is 0 Å². The van der Waals surface area contributed by atoms with Gasteiger partial charge in [0.05, 0.1) is 18.8 Å². The molecule has 0 amide bonds. The minimum atomic E-state index is -0.103. The highest BCUT2D eigenvalue weighted by atomic mass is 32.2. The molecule has 2 saturated heterocycles. The molecular formula is C16H24N6O2S. The summed E-state index contributed by atoms with van der Waals surface area (Å²) in [6.45, 7) is 4.74. The summed E-state index contributed by atoms with van der Waals surface area (Å²) in [7, 11) is 0. The first-order chi connectivity index (χ1) is 12.3. The zero-order valence-electron chi connectivity index (χ0n) is 14.1. The maximum absolute atomic E-state index is 12.8. The summed E-state index contributed by atoms with van der Waals surface area (Å²) in [5.74, 6) is 1.31. The van der Waals surface area contributed by atoms with Gasteiger partial charge < -0.3 is 25.6 Å². The smallest absolute Gasteiger partial charge is 0.260 e. The third kappa shape index (κ3) is 3.78. The predicted octanol–water partition coefficient (Wildman–Crippen LogP) is 0.577. The van der Waals surface area contributed by atoms with Gasteiger partial charge in [-0.15, -0.1) is 11.8 Å². The molecule has 0 spiro atoms. The number of nitrogens with zero attached hydrogens (tertiary/aromatic N) is 2. The fourth-order valence-corrected chi connectivity index (χ4v) is 4.18. The Hall–Kier alpha value is -1.71. The monoisotopic (exact) mass is 364 g/mol. The highest BCUT2D eigenvalue weighted by molar-refractivity contribution is 8.02. The van der Waals surface area contributed by atoms with Crippen LogP contribution in [0.15, 0.2) is 16.4 Å². The molecule has 0 bridgehead atoms. The zero-order valence-corrected chi connectivity index (χ0v) is 14.9. The SMILES string of the molecule is O=c1[nH]c(N2CCOCC2)nc(N[C@@H]2CCCNC2)c1C1NC=CS1. The van der Waals surface area contributed by atoms with Crippen LogP contribution in [-0.2, 0) is 4.74 Å². The second kappa shape index (κ2) is 7.67. The maximum Gasteiger partial charge on any atom is 0.260 e. The summed E-state index contributed by atoms with van der Waals surface area (Å²) >= 11 is 1.59. The Morgan fingerprint density at radius 1 is 1.36 bits per heavy atom. The molecule has 0 aliphatic carbocycles. The fraction of sp³-hybridized carbons (Fsp3) is 0.625. The number of hydrogen-bond acceptors (Lipinski definition) is 8. The molecule has 8 nitrogen and oxygen atoms in total. The van der Waals surface area contributed by atoms with Gasteiger partial charge in [-0.25, -0.2) is 0 Å². The van der Waals surface area contributed by atoms with Gasteiger partial charge in [0.15, 0.2) is 0 Å². The highest BCUT2D eigenvalue weighted by Gasteiger charge is 2.26. The van der Waals surface area contributed by atoms with E-state index in [1.54, 1.807) is 11.8 Å². The van der Waals surface area contributed by atoms with Crippen LogP contribution in [0.3, 0.4) is 0 Å². The maximum atomic E-state index is 12.8. The summed E-state index contributed by atoms with van der Waals surface area (Å²) in [5, 5.41) is 12.0. The van der Waals surface area contributed by atoms with Gasteiger partial charge in [-0.3, -0.25) is 9.78 Å². The molecule has 25 heavy (non-hydrogen) atoms. The van der Waals surface area contributed by atoms with Crippen molar-refractivity contribution in [2.75, 3.05) is 49.6 Å². The topological polar surface area (TPSA) is 94.3 Å². The van der Waals surface area contributed by atoms with Crippen molar-refractivity contribution in [3.05, 3.63) is 27.5 Å². The first-order valence-corrected chi connectivity index (χ1v) is 9.76. The standard InChI is InChI=1S/C16H24N6O2S/c23-14-12(15-18-4-9-25-15)13(19-11-2-1-3-17-10-11)20-16(21-14)22-5-7-24-8-6-22/h4,9,11,15,17-18H,1-3,5-8,10H2,(H2,19,20,21,23)/t11-,15?/m1/s1. The summed E-state index contributed by atoms with van der Waals surface area (Å²) in [5.41, 5.74) is 0.578. The molecule has 4 N–H and O–H groups in total. The Labute approximate surface area is 150 Å². The number of thioether (sulfide) groups is 1. The van der Waals surface area contributed by atoms with Crippen molar-refractivity contribution in [3.8, 4) is 0 Å². The van der Waals surface area contributed by atoms with Gasteiger partial charge in [-0.1, -0.05) is 0 Å². The highest BCUT2D eigenvalue weighted by Crippen LogP contribution is 2.33. The third-order valence-electron chi connectivity index (χ3n) is 4.68. The number of aromatic nitrogens is 2. The largest absolute Gasteiger partial charge is 0.378 e. The van der Waals surface area contributed by atoms with E-state index in [9.17, 15) is 4.79 Å². The number of rotatable bonds is 4. The van der Waals surface area contributed by atoms with Crippen molar-refractivity contribution in [1.82, 2.24) is 20.6 Å². The lowest BCUT2D eigenvalue weighted by molar-refractivity contribution is 0.122. The van der Waals surface area contributed by atoms with E-state index >= 15 is 0 Å². The Morgan fingerprint density at radius 3 is 2.96 bits per heavy atom. The van der Waals surface area contributed by atoms with Crippen molar-refractivity contribution in [2.45, 2.75) is 24.3 Å². The predicted molar refractivity (Wildman–Crippen MR) is 100 cm³/mol. The van der Waals surface area contributed by atoms with Crippen LogP contribution in [0.4, 0.5) is 11.8 Å². The van der Waals surface area contributed by atoms with Crippen LogP contribution in [0.1, 0.15) is 23.8 Å². The third-order valence-corrected chi connectivity index (χ3v) is 5.62. The van der Waals surface area contributed by atoms with Gasteiger partial charge in [0.25, 0.3) is 5.56 Å². The molecule has 2 atom stereocenters. The van der Waals surface area contributed by atoms with Crippen LogP contribution < -0.4 is 26.4 Å². The summed E-state index contributed by atoms with van der Waals surface area (Å²) < 4.78 is 5.40. The Morgan fingerprint density at radius 2 is 2.24 bits per heavy atom. The first kappa shape index (κ1) is 16.7. The van der Waals surface area contributed by atoms with Crippen molar-refractivity contribution < 1.29 is 4.74 Å². The lowest BCUT2D eigenvalue weighted by Crippen LogP contribution is -2.41. The molecular weight excluding hydrogens is 340 g/mol. The molecule has 0 radical (unpaired) electrons. The molecule has 0 aromatic carbocycles. The van der Waals surface area contributed by atoms with E-state index in [1.165, 1.54) is 0 Å². The number of H-pyrrole nitrogens is 1. The van der Waals surface area contributed by atoms with Crippen molar-refractivity contribution in [2.24, 2.45) is 0 Å². The minimum absolute atomic E-state index is 0.0866. The van der Waals surface area contributed by atoms with E-state index in [2.05, 4.69) is 25.8 Å². The lowest BCUT2D eigenvalue weighted by Gasteiger charge is -2.29. The summed E-state index contributed by atoms with van der Waals surface area (Å²) in [6.07, 6.45) is 4.08. The Balaban J connectivity index is 1.65. The average molecular weight is 364 g/mol. The number of anilines is 2. The van der Waals surface area contributed by atoms with Gasteiger partial charge in [0, 0.05) is 31.9 Å². The van der Waals surface area contributed by atoms with Crippen LogP contribution in [0.5, 0.6) is 0 Å². The Kier molecular flexibility index (Phi) is 5.14. The van der Waals surface area contributed by atoms with E-state index in [0.29, 0.717) is 36.6 Å². The number of ether oxygens (including phenoxy) is 1. The number of hydrogen-bond donors (Lipinski definition) is 4. The molecule has 4 heterocycles. The summed E-state index contributed by atoms with van der Waals surface area (Å²) in [6, 6.07) is 0.290. The Bertz CT molecular complexity index is 674. The summed E-state index contributed by atoms with van der Waals surface area (Å²) in [4.78, 5) is 22.7.